The number of benzene rings is 1. The van der Waals surface area contributed by atoms with Crippen molar-refractivity contribution in [2.45, 2.75) is 45.6 Å². The first-order valence-corrected chi connectivity index (χ1v) is 7.38. The lowest BCUT2D eigenvalue weighted by molar-refractivity contribution is 0.0525. The fourth-order valence-electron chi connectivity index (χ4n) is 1.94. The molecule has 1 amide bonds. The van der Waals surface area contributed by atoms with E-state index >= 15 is 0 Å². The molecule has 0 spiro atoms. The molecule has 1 aromatic rings. The van der Waals surface area contributed by atoms with E-state index in [9.17, 15) is 9.59 Å². The third kappa shape index (κ3) is 6.16. The number of methoxy groups -OCH3 is 1. The first kappa shape index (κ1) is 18.0. The third-order valence-corrected chi connectivity index (χ3v) is 3.15. The Hall–Kier alpha value is -2.04. The van der Waals surface area contributed by atoms with Crippen LogP contribution in [0.5, 0.6) is 0 Å². The minimum atomic E-state index is -0.487. The molecule has 0 aromatic heterocycles. The molecule has 0 aliphatic rings. The Morgan fingerprint density at radius 3 is 2.27 bits per heavy atom. The average Bonchev–Trinajstić information content (AvgIpc) is 2.44. The molecular formula is C17H25NO4. The number of carbonyl (C=O) groups excluding carboxylic acids is 2. The zero-order chi connectivity index (χ0) is 16.8. The van der Waals surface area contributed by atoms with Crippen molar-refractivity contribution in [3.8, 4) is 0 Å². The van der Waals surface area contributed by atoms with Crippen LogP contribution in [-0.4, -0.2) is 31.3 Å². The largest absolute Gasteiger partial charge is 0.465 e. The number of rotatable bonds is 5. The summed E-state index contributed by atoms with van der Waals surface area (Å²) in [7, 11) is 1.36. The fraction of sp³-hybridized carbons (Fsp3) is 0.529. The Balaban J connectivity index is 2.44. The molecule has 1 aromatic carbocycles. The molecule has 1 unspecified atom stereocenters. The van der Waals surface area contributed by atoms with E-state index < -0.39 is 11.7 Å². The Morgan fingerprint density at radius 2 is 1.77 bits per heavy atom. The normalized spacial score (nSPS) is 12.4. The van der Waals surface area contributed by atoms with Gasteiger partial charge in [0, 0.05) is 6.54 Å². The van der Waals surface area contributed by atoms with E-state index in [2.05, 4.69) is 17.0 Å². The van der Waals surface area contributed by atoms with Crippen LogP contribution in [-0.2, 0) is 9.47 Å². The van der Waals surface area contributed by atoms with E-state index in [4.69, 9.17) is 4.74 Å². The first-order chi connectivity index (χ1) is 10.2. The summed E-state index contributed by atoms with van der Waals surface area (Å²) in [5.74, 6) is -0.0765. The molecule has 122 valence electrons. The van der Waals surface area contributed by atoms with Gasteiger partial charge in [-0.3, -0.25) is 0 Å². The Kier molecular flexibility index (Phi) is 6.40. The van der Waals surface area contributed by atoms with Crippen LogP contribution in [0.1, 0.15) is 56.0 Å². The van der Waals surface area contributed by atoms with Crippen LogP contribution in [0.2, 0.25) is 0 Å². The molecule has 1 N–H and O–H groups in total. The van der Waals surface area contributed by atoms with Gasteiger partial charge in [0.15, 0.2) is 0 Å². The van der Waals surface area contributed by atoms with Crippen LogP contribution in [0, 0.1) is 0 Å². The van der Waals surface area contributed by atoms with Gasteiger partial charge in [0.1, 0.15) is 5.60 Å². The lowest BCUT2D eigenvalue weighted by atomic mass is 9.97. The van der Waals surface area contributed by atoms with E-state index in [-0.39, 0.29) is 11.9 Å². The van der Waals surface area contributed by atoms with Crippen LogP contribution < -0.4 is 5.32 Å². The monoisotopic (exact) mass is 307 g/mol. The smallest absolute Gasteiger partial charge is 0.407 e. The maximum atomic E-state index is 11.5. The topological polar surface area (TPSA) is 64.6 Å². The lowest BCUT2D eigenvalue weighted by Crippen LogP contribution is -2.33. The van der Waals surface area contributed by atoms with Crippen LogP contribution in [0.4, 0.5) is 4.79 Å². The summed E-state index contributed by atoms with van der Waals surface area (Å²) in [6.45, 7) is 8.10. The third-order valence-electron chi connectivity index (χ3n) is 3.15. The van der Waals surface area contributed by atoms with Gasteiger partial charge in [0.25, 0.3) is 0 Å². The maximum absolute atomic E-state index is 11.5. The average molecular weight is 307 g/mol. The molecule has 5 heteroatoms. The number of hydrogen-bond donors (Lipinski definition) is 1. The number of alkyl carbamates (subject to hydrolysis) is 1. The van der Waals surface area contributed by atoms with E-state index in [0.29, 0.717) is 12.1 Å². The zero-order valence-corrected chi connectivity index (χ0v) is 13.9. The first-order valence-electron chi connectivity index (χ1n) is 7.38. The van der Waals surface area contributed by atoms with E-state index in [1.807, 2.05) is 32.9 Å². The highest BCUT2D eigenvalue weighted by atomic mass is 16.6. The Bertz CT molecular complexity index is 502. The van der Waals surface area contributed by atoms with Crippen LogP contribution >= 0.6 is 0 Å². The fourth-order valence-corrected chi connectivity index (χ4v) is 1.94. The van der Waals surface area contributed by atoms with Gasteiger partial charge in [-0.1, -0.05) is 19.1 Å². The van der Waals surface area contributed by atoms with Gasteiger partial charge in [-0.2, -0.15) is 0 Å². The van der Waals surface area contributed by atoms with E-state index in [1.54, 1.807) is 12.1 Å². The molecule has 5 nitrogen and oxygen atoms in total. The van der Waals surface area contributed by atoms with Gasteiger partial charge >= 0.3 is 12.1 Å². The Labute approximate surface area is 132 Å². The summed E-state index contributed by atoms with van der Waals surface area (Å²) < 4.78 is 9.85. The van der Waals surface area contributed by atoms with Crippen LogP contribution in [0.3, 0.4) is 0 Å². The highest BCUT2D eigenvalue weighted by molar-refractivity contribution is 5.89. The molecular weight excluding hydrogens is 282 g/mol. The van der Waals surface area contributed by atoms with Crippen molar-refractivity contribution in [3.63, 3.8) is 0 Å². The van der Waals surface area contributed by atoms with Crippen LogP contribution in [0.15, 0.2) is 24.3 Å². The number of ether oxygens (including phenoxy) is 2. The second kappa shape index (κ2) is 7.82. The molecule has 0 saturated carbocycles. The van der Waals surface area contributed by atoms with Crippen molar-refractivity contribution >= 4 is 12.1 Å². The molecule has 0 fully saturated rings. The molecule has 0 aliphatic carbocycles. The summed E-state index contributed by atoms with van der Waals surface area (Å²) >= 11 is 0. The second-order valence-corrected chi connectivity index (χ2v) is 6.23. The van der Waals surface area contributed by atoms with Crippen molar-refractivity contribution in [3.05, 3.63) is 35.4 Å². The number of carbonyl (C=O) groups is 2. The molecule has 1 atom stereocenters. The number of amides is 1. The summed E-state index contributed by atoms with van der Waals surface area (Å²) in [5.41, 5.74) is 1.16. The van der Waals surface area contributed by atoms with Gasteiger partial charge in [0.05, 0.1) is 12.7 Å². The minimum absolute atomic E-state index is 0.265. The summed E-state index contributed by atoms with van der Waals surface area (Å²) in [6, 6.07) is 7.31. The molecule has 22 heavy (non-hydrogen) atoms. The maximum Gasteiger partial charge on any atom is 0.407 e. The van der Waals surface area contributed by atoms with Gasteiger partial charge in [-0.05, 0) is 50.8 Å². The van der Waals surface area contributed by atoms with Gasteiger partial charge in [-0.25, -0.2) is 9.59 Å². The van der Waals surface area contributed by atoms with Gasteiger partial charge < -0.3 is 14.8 Å². The van der Waals surface area contributed by atoms with Crippen molar-refractivity contribution in [2.24, 2.45) is 0 Å². The van der Waals surface area contributed by atoms with E-state index in [1.165, 1.54) is 7.11 Å². The standard InChI is InChI=1S/C17H25NO4/c1-12(10-11-18-16(20)22-17(2,3)4)13-6-8-14(9-7-13)15(19)21-5/h6-9,12H,10-11H2,1-5H3,(H,18,20). The van der Waals surface area contributed by atoms with Crippen molar-refractivity contribution in [2.75, 3.05) is 13.7 Å². The predicted molar refractivity (Wildman–Crippen MR) is 85.1 cm³/mol. The van der Waals surface area contributed by atoms with Crippen LogP contribution in [0.25, 0.3) is 0 Å². The Morgan fingerprint density at radius 1 is 1.18 bits per heavy atom. The van der Waals surface area contributed by atoms with Crippen molar-refractivity contribution in [1.29, 1.82) is 0 Å². The zero-order valence-electron chi connectivity index (χ0n) is 13.9. The van der Waals surface area contributed by atoms with Crippen molar-refractivity contribution < 1.29 is 19.1 Å². The summed E-state index contributed by atoms with van der Waals surface area (Å²) in [4.78, 5) is 22.9. The van der Waals surface area contributed by atoms with E-state index in [0.717, 1.165) is 12.0 Å². The molecule has 1 rings (SSSR count). The molecule has 0 bridgehead atoms. The number of hydrogen-bond acceptors (Lipinski definition) is 4. The minimum Gasteiger partial charge on any atom is -0.465 e. The van der Waals surface area contributed by atoms with Gasteiger partial charge in [-0.15, -0.1) is 0 Å². The predicted octanol–water partition coefficient (Wildman–Crippen LogP) is 3.49. The molecule has 0 aliphatic heterocycles. The highest BCUT2D eigenvalue weighted by Gasteiger charge is 2.16. The van der Waals surface area contributed by atoms with Gasteiger partial charge in [0.2, 0.25) is 0 Å². The molecule has 0 saturated heterocycles. The summed E-state index contributed by atoms with van der Waals surface area (Å²) in [6.07, 6.45) is 0.386. The van der Waals surface area contributed by atoms with Crippen molar-refractivity contribution in [1.82, 2.24) is 5.32 Å². The SMILES string of the molecule is COC(=O)c1ccc(C(C)CCNC(=O)OC(C)(C)C)cc1. The number of esters is 1. The molecule has 0 heterocycles. The lowest BCUT2D eigenvalue weighted by Gasteiger charge is -2.20. The summed E-state index contributed by atoms with van der Waals surface area (Å²) in [5, 5.41) is 2.74. The quantitative estimate of drug-likeness (QED) is 0.846. The highest BCUT2D eigenvalue weighted by Crippen LogP contribution is 2.19. The second-order valence-electron chi connectivity index (χ2n) is 6.23. The molecule has 0 radical (unpaired) electrons. The number of nitrogens with one attached hydrogen (secondary N) is 1.